The fraction of sp³-hybridized carbons (Fsp3) is 0. The van der Waals surface area contributed by atoms with E-state index in [-0.39, 0.29) is 17.1 Å². The number of carbonyl (C=O) groups excluding carboxylic acids is 1. The molecule has 4 aromatic rings. The van der Waals surface area contributed by atoms with Crippen molar-refractivity contribution in [1.29, 1.82) is 0 Å². The highest BCUT2D eigenvalue weighted by Crippen LogP contribution is 2.22. The Balaban J connectivity index is 1.63. The van der Waals surface area contributed by atoms with Crippen LogP contribution in [0.25, 0.3) is 11.4 Å². The molecule has 27 heavy (non-hydrogen) atoms. The van der Waals surface area contributed by atoms with Gasteiger partial charge in [0.05, 0.1) is 11.4 Å². The van der Waals surface area contributed by atoms with E-state index in [1.54, 1.807) is 36.7 Å². The number of nitrogens with one attached hydrogen (secondary N) is 1. The van der Waals surface area contributed by atoms with Crippen molar-refractivity contribution in [3.8, 4) is 11.4 Å². The molecule has 6 nitrogen and oxygen atoms in total. The molecular formula is C19H13F2N5O. The van der Waals surface area contributed by atoms with Gasteiger partial charge in [-0.15, -0.1) is 0 Å². The van der Waals surface area contributed by atoms with E-state index in [0.717, 1.165) is 0 Å². The van der Waals surface area contributed by atoms with Crippen LogP contribution in [0.2, 0.25) is 0 Å². The van der Waals surface area contributed by atoms with E-state index in [2.05, 4.69) is 15.5 Å². The van der Waals surface area contributed by atoms with E-state index in [4.69, 9.17) is 0 Å². The molecule has 0 unspecified atom stereocenters. The van der Waals surface area contributed by atoms with Crippen LogP contribution in [0.5, 0.6) is 0 Å². The van der Waals surface area contributed by atoms with Gasteiger partial charge in [-0.05, 0) is 42.5 Å². The maximum absolute atomic E-state index is 13.9. The maximum atomic E-state index is 13.9. The molecule has 8 heteroatoms. The summed E-state index contributed by atoms with van der Waals surface area (Å²) >= 11 is 0. The van der Waals surface area contributed by atoms with Crippen LogP contribution in [0.3, 0.4) is 0 Å². The van der Waals surface area contributed by atoms with Crippen LogP contribution in [0.1, 0.15) is 10.5 Å². The summed E-state index contributed by atoms with van der Waals surface area (Å²) in [4.78, 5) is 12.5. The van der Waals surface area contributed by atoms with Crippen LogP contribution >= 0.6 is 0 Å². The smallest absolute Gasteiger partial charge is 0.276 e. The van der Waals surface area contributed by atoms with E-state index in [1.165, 1.54) is 45.9 Å². The van der Waals surface area contributed by atoms with E-state index in [9.17, 15) is 13.6 Å². The third kappa shape index (κ3) is 3.32. The molecule has 0 spiro atoms. The molecule has 0 atom stereocenters. The fourth-order valence-electron chi connectivity index (χ4n) is 2.62. The molecule has 0 saturated heterocycles. The Morgan fingerprint density at radius 2 is 1.78 bits per heavy atom. The van der Waals surface area contributed by atoms with Crippen molar-refractivity contribution in [2.45, 2.75) is 0 Å². The summed E-state index contributed by atoms with van der Waals surface area (Å²) in [5.74, 6) is -1.51. The lowest BCUT2D eigenvalue weighted by Gasteiger charge is -2.10. The first-order chi connectivity index (χ1) is 13.1. The molecule has 0 aliphatic heterocycles. The number of hydrogen-bond donors (Lipinski definition) is 1. The lowest BCUT2D eigenvalue weighted by atomic mass is 10.2. The first-order valence-electron chi connectivity index (χ1n) is 8.03. The highest BCUT2D eigenvalue weighted by molar-refractivity contribution is 6.03. The number of hydrogen-bond acceptors (Lipinski definition) is 3. The van der Waals surface area contributed by atoms with Crippen LogP contribution in [0.15, 0.2) is 73.2 Å². The molecule has 1 N–H and O–H groups in total. The summed E-state index contributed by atoms with van der Waals surface area (Å²) in [7, 11) is 0. The lowest BCUT2D eigenvalue weighted by Crippen LogP contribution is -2.15. The average Bonchev–Trinajstić information content (AvgIpc) is 3.34. The number of anilines is 1. The van der Waals surface area contributed by atoms with E-state index in [1.807, 2.05) is 0 Å². The third-order valence-electron chi connectivity index (χ3n) is 3.88. The Morgan fingerprint density at radius 1 is 0.926 bits per heavy atom. The Kier molecular flexibility index (Phi) is 4.21. The monoisotopic (exact) mass is 365 g/mol. The zero-order chi connectivity index (χ0) is 18.8. The predicted molar refractivity (Wildman–Crippen MR) is 95.0 cm³/mol. The number of aromatic nitrogens is 4. The minimum absolute atomic E-state index is 0.0638. The van der Waals surface area contributed by atoms with Gasteiger partial charge in [0.25, 0.3) is 5.91 Å². The Labute approximate surface area is 152 Å². The minimum atomic E-state index is -0.552. The van der Waals surface area contributed by atoms with Crippen molar-refractivity contribution in [3.63, 3.8) is 0 Å². The number of halogens is 2. The van der Waals surface area contributed by atoms with Gasteiger partial charge in [0, 0.05) is 18.6 Å². The van der Waals surface area contributed by atoms with Gasteiger partial charge >= 0.3 is 0 Å². The molecule has 0 bridgehead atoms. The zero-order valence-corrected chi connectivity index (χ0v) is 13.9. The molecule has 2 heterocycles. The topological polar surface area (TPSA) is 64.7 Å². The summed E-state index contributed by atoms with van der Waals surface area (Å²) in [6.07, 6.45) is 4.73. The maximum Gasteiger partial charge on any atom is 0.276 e. The van der Waals surface area contributed by atoms with E-state index < -0.39 is 17.5 Å². The highest BCUT2D eigenvalue weighted by Gasteiger charge is 2.15. The first-order valence-corrected chi connectivity index (χ1v) is 8.03. The summed E-state index contributed by atoms with van der Waals surface area (Å²) in [6, 6.07) is 13.2. The molecule has 0 aliphatic rings. The highest BCUT2D eigenvalue weighted by atomic mass is 19.1. The molecule has 4 rings (SSSR count). The van der Waals surface area contributed by atoms with Crippen molar-refractivity contribution < 1.29 is 13.6 Å². The standard InChI is InChI=1S/C19H13F2N5O/c20-13-6-7-18(25-10-3-9-22-25)16(12-13)23-19(27)15-8-11-26(24-15)17-5-2-1-4-14(17)21/h1-12H,(H,23,27). The molecule has 0 fully saturated rings. The fourth-order valence-corrected chi connectivity index (χ4v) is 2.62. The van der Waals surface area contributed by atoms with Crippen LogP contribution in [0, 0.1) is 11.6 Å². The molecule has 0 aliphatic carbocycles. The van der Waals surface area contributed by atoms with Gasteiger partial charge in [-0.1, -0.05) is 12.1 Å². The molecule has 2 aromatic carbocycles. The molecule has 1 amide bonds. The van der Waals surface area contributed by atoms with Gasteiger partial charge in [-0.3, -0.25) is 4.79 Å². The molecule has 2 aromatic heterocycles. The third-order valence-corrected chi connectivity index (χ3v) is 3.88. The Hall–Kier alpha value is -3.81. The number of nitrogens with zero attached hydrogens (tertiary/aromatic N) is 4. The normalized spacial score (nSPS) is 10.7. The van der Waals surface area contributed by atoms with Crippen molar-refractivity contribution in [1.82, 2.24) is 19.6 Å². The van der Waals surface area contributed by atoms with Gasteiger partial charge in [0.1, 0.15) is 17.3 Å². The van der Waals surface area contributed by atoms with Crippen molar-refractivity contribution in [3.05, 3.63) is 90.5 Å². The van der Waals surface area contributed by atoms with Crippen LogP contribution in [-0.4, -0.2) is 25.5 Å². The second-order valence-electron chi connectivity index (χ2n) is 5.66. The number of para-hydroxylation sites is 1. The molecule has 0 saturated carbocycles. The van der Waals surface area contributed by atoms with Crippen LogP contribution in [0.4, 0.5) is 14.5 Å². The SMILES string of the molecule is O=C(Nc1cc(F)ccc1-n1cccn1)c1ccn(-c2ccccc2F)n1. The Bertz CT molecular complexity index is 1110. The summed E-state index contributed by atoms with van der Waals surface area (Å²) in [5.41, 5.74) is 1.03. The van der Waals surface area contributed by atoms with Crippen molar-refractivity contribution >= 4 is 11.6 Å². The van der Waals surface area contributed by atoms with Gasteiger partial charge in [0.2, 0.25) is 0 Å². The number of benzene rings is 2. The summed E-state index contributed by atoms with van der Waals surface area (Å²) in [5, 5.41) is 10.8. The minimum Gasteiger partial charge on any atom is -0.319 e. The van der Waals surface area contributed by atoms with Crippen molar-refractivity contribution in [2.24, 2.45) is 0 Å². The van der Waals surface area contributed by atoms with Gasteiger partial charge < -0.3 is 5.32 Å². The van der Waals surface area contributed by atoms with Crippen LogP contribution in [-0.2, 0) is 0 Å². The quantitative estimate of drug-likeness (QED) is 0.601. The first kappa shape index (κ1) is 16.6. The second-order valence-corrected chi connectivity index (χ2v) is 5.66. The average molecular weight is 365 g/mol. The molecule has 134 valence electrons. The largest absolute Gasteiger partial charge is 0.319 e. The zero-order valence-electron chi connectivity index (χ0n) is 13.9. The lowest BCUT2D eigenvalue weighted by molar-refractivity contribution is 0.102. The molecular weight excluding hydrogens is 352 g/mol. The number of amides is 1. The van der Waals surface area contributed by atoms with Crippen LogP contribution < -0.4 is 5.32 Å². The summed E-state index contributed by atoms with van der Waals surface area (Å²) in [6.45, 7) is 0. The van der Waals surface area contributed by atoms with Gasteiger partial charge in [0.15, 0.2) is 5.69 Å². The second kappa shape index (κ2) is 6.83. The van der Waals surface area contributed by atoms with E-state index >= 15 is 0 Å². The van der Waals surface area contributed by atoms with Gasteiger partial charge in [-0.25, -0.2) is 18.1 Å². The van der Waals surface area contributed by atoms with E-state index in [0.29, 0.717) is 5.69 Å². The molecule has 0 radical (unpaired) electrons. The Morgan fingerprint density at radius 3 is 2.56 bits per heavy atom. The number of carbonyl (C=O) groups is 1. The summed E-state index contributed by atoms with van der Waals surface area (Å²) < 4.78 is 30.3. The van der Waals surface area contributed by atoms with Crippen molar-refractivity contribution in [2.75, 3.05) is 5.32 Å². The number of rotatable bonds is 4. The predicted octanol–water partition coefficient (Wildman–Crippen LogP) is 3.59. The van der Waals surface area contributed by atoms with Gasteiger partial charge in [-0.2, -0.15) is 10.2 Å².